The minimum Gasteiger partial charge on any atom is -0.464 e. The van der Waals surface area contributed by atoms with Gasteiger partial charge >= 0.3 is 5.97 Å². The third kappa shape index (κ3) is 5.29. The maximum Gasteiger partial charge on any atom is 0.328 e. The lowest BCUT2D eigenvalue weighted by Gasteiger charge is -2.21. The molecule has 19 heavy (non-hydrogen) atoms. The molecule has 0 aliphatic carbocycles. The second-order valence-electron chi connectivity index (χ2n) is 4.65. The van der Waals surface area contributed by atoms with Gasteiger partial charge in [-0.1, -0.05) is 0 Å². The molecule has 1 rings (SSSR count). The molecule has 0 aromatic rings. The molecule has 0 bridgehead atoms. The molecule has 1 heterocycles. The van der Waals surface area contributed by atoms with Crippen LogP contribution in [0.1, 0.15) is 26.7 Å². The van der Waals surface area contributed by atoms with Crippen molar-refractivity contribution >= 4 is 21.6 Å². The Morgan fingerprint density at radius 3 is 2.84 bits per heavy atom. The first kappa shape index (κ1) is 16.1. The molecule has 0 aromatic heterocycles. The summed E-state index contributed by atoms with van der Waals surface area (Å²) in [4.78, 5) is 24.6. The van der Waals surface area contributed by atoms with Gasteiger partial charge in [0.25, 0.3) is 0 Å². The van der Waals surface area contributed by atoms with Crippen molar-refractivity contribution in [2.75, 3.05) is 19.8 Å². The molecular weight excluding hydrogens is 266 g/mol. The molecule has 1 aliphatic rings. The molecule has 1 saturated heterocycles. The second kappa shape index (κ2) is 8.29. The number of carbonyl (C=O) groups is 2. The molecule has 2 atom stereocenters. The SMILES string of the molecule is CCO[SiH2]CCCOC(=O)C1CC(O)CN1C(C)=O. The van der Waals surface area contributed by atoms with Crippen molar-refractivity contribution in [3.05, 3.63) is 0 Å². The number of hydrogen-bond acceptors (Lipinski definition) is 5. The number of esters is 1. The van der Waals surface area contributed by atoms with Crippen LogP contribution in [0.25, 0.3) is 0 Å². The van der Waals surface area contributed by atoms with E-state index in [1.54, 1.807) is 0 Å². The van der Waals surface area contributed by atoms with Crippen LogP contribution >= 0.6 is 0 Å². The van der Waals surface area contributed by atoms with Crippen LogP contribution in [0.5, 0.6) is 0 Å². The van der Waals surface area contributed by atoms with E-state index in [-0.39, 0.29) is 18.9 Å². The number of aliphatic hydroxyl groups is 1. The molecule has 6 nitrogen and oxygen atoms in total. The van der Waals surface area contributed by atoms with Crippen molar-refractivity contribution in [2.24, 2.45) is 0 Å². The van der Waals surface area contributed by atoms with Crippen molar-refractivity contribution in [1.29, 1.82) is 0 Å². The lowest BCUT2D eigenvalue weighted by Crippen LogP contribution is -2.40. The van der Waals surface area contributed by atoms with Crippen LogP contribution in [0.3, 0.4) is 0 Å². The van der Waals surface area contributed by atoms with Crippen molar-refractivity contribution < 1.29 is 23.9 Å². The highest BCUT2D eigenvalue weighted by Crippen LogP contribution is 2.19. The van der Waals surface area contributed by atoms with Gasteiger partial charge in [-0.25, -0.2) is 4.79 Å². The van der Waals surface area contributed by atoms with Crippen molar-refractivity contribution in [3.8, 4) is 0 Å². The van der Waals surface area contributed by atoms with Crippen LogP contribution in [0.4, 0.5) is 0 Å². The number of carbonyl (C=O) groups excluding carboxylic acids is 2. The predicted molar refractivity (Wildman–Crippen MR) is 72.4 cm³/mol. The van der Waals surface area contributed by atoms with E-state index in [4.69, 9.17) is 9.16 Å². The fourth-order valence-electron chi connectivity index (χ4n) is 2.10. The zero-order chi connectivity index (χ0) is 14.3. The molecule has 110 valence electrons. The Hall–Kier alpha value is -0.923. The minimum atomic E-state index is -0.633. The number of amides is 1. The highest BCUT2D eigenvalue weighted by molar-refractivity contribution is 6.26. The van der Waals surface area contributed by atoms with E-state index in [2.05, 4.69) is 0 Å². The highest BCUT2D eigenvalue weighted by atomic mass is 28.2. The first-order valence-corrected chi connectivity index (χ1v) is 8.33. The van der Waals surface area contributed by atoms with Gasteiger partial charge in [0.15, 0.2) is 9.76 Å². The van der Waals surface area contributed by atoms with Gasteiger partial charge in [0.2, 0.25) is 5.91 Å². The topological polar surface area (TPSA) is 76.1 Å². The van der Waals surface area contributed by atoms with Gasteiger partial charge in [-0.3, -0.25) is 4.79 Å². The van der Waals surface area contributed by atoms with Gasteiger partial charge in [0.05, 0.1) is 12.7 Å². The number of nitrogens with zero attached hydrogens (tertiary/aromatic N) is 1. The Bertz CT molecular complexity index is 312. The van der Waals surface area contributed by atoms with E-state index >= 15 is 0 Å². The molecule has 1 amide bonds. The number of aliphatic hydroxyl groups excluding tert-OH is 1. The summed E-state index contributed by atoms with van der Waals surface area (Å²) >= 11 is 0. The van der Waals surface area contributed by atoms with E-state index < -0.39 is 27.9 Å². The Kier molecular flexibility index (Phi) is 7.04. The minimum absolute atomic E-state index is 0.206. The quantitative estimate of drug-likeness (QED) is 0.386. The predicted octanol–water partition coefficient (Wildman–Crippen LogP) is -0.560. The van der Waals surface area contributed by atoms with Crippen LogP contribution in [0.15, 0.2) is 0 Å². The van der Waals surface area contributed by atoms with Crippen LogP contribution in [0.2, 0.25) is 6.04 Å². The Labute approximate surface area is 116 Å². The molecule has 0 spiro atoms. The molecule has 1 N–H and O–H groups in total. The van der Waals surface area contributed by atoms with Gasteiger partial charge in [-0.05, 0) is 19.4 Å². The number of ether oxygens (including phenoxy) is 1. The first-order valence-electron chi connectivity index (χ1n) is 6.76. The molecule has 1 fully saturated rings. The van der Waals surface area contributed by atoms with Crippen molar-refractivity contribution in [1.82, 2.24) is 4.90 Å². The molecule has 2 unspecified atom stereocenters. The third-order valence-electron chi connectivity index (χ3n) is 3.09. The lowest BCUT2D eigenvalue weighted by molar-refractivity contribution is -0.152. The van der Waals surface area contributed by atoms with Gasteiger partial charge in [0.1, 0.15) is 6.04 Å². The summed E-state index contributed by atoms with van der Waals surface area (Å²) in [5, 5.41) is 9.52. The summed E-state index contributed by atoms with van der Waals surface area (Å²) in [6.07, 6.45) is 0.436. The van der Waals surface area contributed by atoms with Crippen molar-refractivity contribution in [3.63, 3.8) is 0 Å². The maximum absolute atomic E-state index is 11.8. The van der Waals surface area contributed by atoms with E-state index in [9.17, 15) is 14.7 Å². The van der Waals surface area contributed by atoms with E-state index in [1.807, 2.05) is 6.92 Å². The summed E-state index contributed by atoms with van der Waals surface area (Å²) < 4.78 is 10.5. The smallest absolute Gasteiger partial charge is 0.328 e. The highest BCUT2D eigenvalue weighted by Gasteiger charge is 2.38. The standard InChI is InChI=1S/C12H23NO5Si/c1-3-18-19-6-4-5-17-12(16)11-7-10(15)8-13(11)9(2)14/h10-11,15H,3-8,19H2,1-2H3. The summed E-state index contributed by atoms with van der Waals surface area (Å²) in [5.74, 6) is -0.618. The van der Waals surface area contributed by atoms with Crippen molar-refractivity contribution in [2.45, 2.75) is 44.9 Å². The lowest BCUT2D eigenvalue weighted by atomic mass is 10.2. The monoisotopic (exact) mass is 289 g/mol. The Balaban J connectivity index is 2.26. The number of hydrogen-bond donors (Lipinski definition) is 1. The normalized spacial score (nSPS) is 23.2. The number of rotatable bonds is 7. The van der Waals surface area contributed by atoms with Gasteiger partial charge < -0.3 is 19.2 Å². The van der Waals surface area contributed by atoms with Crippen LogP contribution in [-0.4, -0.2) is 63.6 Å². The zero-order valence-corrected chi connectivity index (χ0v) is 13.0. The summed E-state index contributed by atoms with van der Waals surface area (Å²) in [6.45, 7) is 4.68. The first-order chi connectivity index (χ1) is 9.06. The largest absolute Gasteiger partial charge is 0.464 e. The van der Waals surface area contributed by atoms with E-state index in [0.29, 0.717) is 6.61 Å². The second-order valence-corrected chi connectivity index (χ2v) is 6.17. The van der Waals surface area contributed by atoms with Gasteiger partial charge in [-0.2, -0.15) is 0 Å². The summed E-state index contributed by atoms with van der Waals surface area (Å²) in [5.41, 5.74) is 0. The third-order valence-corrected chi connectivity index (χ3v) is 4.57. The molecular formula is C12H23NO5Si. The number of β-amino-alcohol motifs (C(OH)–C–C–N with tert-alkyl or cyclic N) is 1. The summed E-state index contributed by atoms with van der Waals surface area (Å²) in [7, 11) is -0.479. The van der Waals surface area contributed by atoms with Gasteiger partial charge in [-0.15, -0.1) is 0 Å². The van der Waals surface area contributed by atoms with Gasteiger partial charge in [0, 0.05) is 26.5 Å². The fraction of sp³-hybridized carbons (Fsp3) is 0.833. The molecule has 7 heteroatoms. The van der Waals surface area contributed by atoms with E-state index in [0.717, 1.165) is 19.1 Å². The Morgan fingerprint density at radius 1 is 1.47 bits per heavy atom. The molecule has 0 radical (unpaired) electrons. The average molecular weight is 289 g/mol. The fourth-order valence-corrected chi connectivity index (χ4v) is 3.01. The van der Waals surface area contributed by atoms with Crippen LogP contribution in [0, 0.1) is 0 Å². The molecule has 0 saturated carbocycles. The van der Waals surface area contributed by atoms with E-state index in [1.165, 1.54) is 11.8 Å². The Morgan fingerprint density at radius 2 is 2.21 bits per heavy atom. The molecule has 1 aliphatic heterocycles. The average Bonchev–Trinajstić information content (AvgIpc) is 2.76. The molecule has 0 aromatic carbocycles. The summed E-state index contributed by atoms with van der Waals surface area (Å²) in [6, 6.07) is 0.349. The van der Waals surface area contributed by atoms with Crippen LogP contribution < -0.4 is 0 Å². The zero-order valence-electron chi connectivity index (χ0n) is 11.6. The maximum atomic E-state index is 11.8. The van der Waals surface area contributed by atoms with Crippen LogP contribution in [-0.2, 0) is 18.8 Å². The number of likely N-dealkylation sites (tertiary alicyclic amines) is 1.